The number of hydrogen-bond acceptors (Lipinski definition) is 0. The summed E-state index contributed by atoms with van der Waals surface area (Å²) in [7, 11) is 0. The fraction of sp³-hybridized carbons (Fsp3) is 0.250. The zero-order valence-corrected chi connectivity index (χ0v) is 12.3. The molecule has 20 heavy (non-hydrogen) atoms. The van der Waals surface area contributed by atoms with Crippen LogP contribution in [0.15, 0.2) is 42.5 Å². The Kier molecular flexibility index (Phi) is 5.24. The fourth-order valence-electron chi connectivity index (χ4n) is 2.13. The molecule has 2 aromatic carbocycles. The van der Waals surface area contributed by atoms with E-state index in [0.717, 1.165) is 11.6 Å². The van der Waals surface area contributed by atoms with E-state index in [1.165, 1.54) is 24.3 Å². The van der Waals surface area contributed by atoms with Crippen LogP contribution in [0.5, 0.6) is 0 Å². The highest BCUT2D eigenvalue weighted by Gasteiger charge is 2.13. The lowest BCUT2D eigenvalue weighted by Gasteiger charge is -2.15. The number of alkyl halides is 1. The molecule has 0 aliphatic heterocycles. The topological polar surface area (TPSA) is 0 Å². The van der Waals surface area contributed by atoms with Crippen LogP contribution in [-0.4, -0.2) is 5.33 Å². The molecule has 1 atom stereocenters. The number of rotatable bonds is 5. The molecule has 0 spiro atoms. The molecular weight excluding hydrogens is 329 g/mol. The molecule has 0 aromatic heterocycles. The van der Waals surface area contributed by atoms with E-state index in [-0.39, 0.29) is 11.7 Å². The van der Waals surface area contributed by atoms with Gasteiger partial charge in [0, 0.05) is 11.4 Å². The Morgan fingerprint density at radius 1 is 0.850 bits per heavy atom. The lowest BCUT2D eigenvalue weighted by atomic mass is 9.94. The van der Waals surface area contributed by atoms with Crippen LogP contribution in [0.25, 0.3) is 0 Å². The second-order valence-electron chi connectivity index (χ2n) is 4.79. The Morgan fingerprint density at radius 3 is 2.10 bits per heavy atom. The molecule has 106 valence electrons. The van der Waals surface area contributed by atoms with E-state index in [2.05, 4.69) is 15.9 Å². The highest BCUT2D eigenvalue weighted by atomic mass is 79.9. The van der Waals surface area contributed by atoms with Gasteiger partial charge in [-0.1, -0.05) is 34.1 Å². The maximum absolute atomic E-state index is 13.6. The molecule has 1 unspecified atom stereocenters. The van der Waals surface area contributed by atoms with Crippen LogP contribution < -0.4 is 0 Å². The summed E-state index contributed by atoms with van der Waals surface area (Å²) in [6.07, 6.45) is 1.22. The van der Waals surface area contributed by atoms with E-state index < -0.39 is 11.6 Å². The zero-order valence-electron chi connectivity index (χ0n) is 10.8. The molecule has 2 aromatic rings. The third-order valence-corrected chi connectivity index (χ3v) is 4.10. The molecule has 0 amide bonds. The molecule has 0 saturated heterocycles. The van der Waals surface area contributed by atoms with Crippen LogP contribution >= 0.6 is 15.9 Å². The first kappa shape index (κ1) is 15.1. The summed E-state index contributed by atoms with van der Waals surface area (Å²) in [4.78, 5) is 0. The summed E-state index contributed by atoms with van der Waals surface area (Å²) >= 11 is 3.41. The smallest absolute Gasteiger partial charge is 0.129 e. The van der Waals surface area contributed by atoms with Crippen molar-refractivity contribution in [2.45, 2.75) is 12.8 Å². The fourth-order valence-corrected chi connectivity index (χ4v) is 2.59. The van der Waals surface area contributed by atoms with Gasteiger partial charge in [0.1, 0.15) is 17.5 Å². The molecule has 0 saturated carbocycles. The normalized spacial score (nSPS) is 12.4. The maximum atomic E-state index is 13.6. The number of hydrogen-bond donors (Lipinski definition) is 0. The lowest BCUT2D eigenvalue weighted by Crippen LogP contribution is -2.11. The maximum Gasteiger partial charge on any atom is 0.129 e. The molecule has 0 bridgehead atoms. The average molecular weight is 343 g/mol. The van der Waals surface area contributed by atoms with Crippen molar-refractivity contribution in [1.82, 2.24) is 0 Å². The van der Waals surface area contributed by atoms with E-state index in [4.69, 9.17) is 0 Å². The van der Waals surface area contributed by atoms with Gasteiger partial charge in [-0.15, -0.1) is 0 Å². The van der Waals surface area contributed by atoms with Gasteiger partial charge in [-0.2, -0.15) is 0 Å². The molecule has 0 nitrogen and oxygen atoms in total. The SMILES string of the molecule is Fc1ccc(CC(CBr)Cc2ccc(F)cc2F)cc1. The Bertz CT molecular complexity index is 566. The Hall–Kier alpha value is -1.29. The van der Waals surface area contributed by atoms with Crippen molar-refractivity contribution in [3.63, 3.8) is 0 Å². The van der Waals surface area contributed by atoms with E-state index in [0.29, 0.717) is 23.7 Å². The van der Waals surface area contributed by atoms with Crippen LogP contribution in [0.3, 0.4) is 0 Å². The highest BCUT2D eigenvalue weighted by Crippen LogP contribution is 2.20. The van der Waals surface area contributed by atoms with Crippen LogP contribution in [-0.2, 0) is 12.8 Å². The summed E-state index contributed by atoms with van der Waals surface area (Å²) in [5.74, 6) is -1.19. The summed E-state index contributed by atoms with van der Waals surface area (Å²) in [5.41, 5.74) is 1.50. The minimum Gasteiger partial charge on any atom is -0.207 e. The molecule has 0 fully saturated rings. The number of halogens is 4. The van der Waals surface area contributed by atoms with Crippen molar-refractivity contribution in [1.29, 1.82) is 0 Å². The van der Waals surface area contributed by atoms with Gasteiger partial charge in [-0.25, -0.2) is 13.2 Å². The predicted octanol–water partition coefficient (Wildman–Crippen LogP) is 4.90. The first-order valence-corrected chi connectivity index (χ1v) is 7.45. The summed E-state index contributed by atoms with van der Waals surface area (Å²) in [5, 5.41) is 0.696. The summed E-state index contributed by atoms with van der Waals surface area (Å²) < 4.78 is 39.3. The third kappa shape index (κ3) is 4.10. The Balaban J connectivity index is 2.07. The molecule has 0 aliphatic carbocycles. The predicted molar refractivity (Wildman–Crippen MR) is 77.5 cm³/mol. The van der Waals surface area contributed by atoms with Gasteiger partial charge < -0.3 is 0 Å². The minimum absolute atomic E-state index is 0.167. The molecular formula is C16H14BrF3. The van der Waals surface area contributed by atoms with Crippen LogP contribution in [0.2, 0.25) is 0 Å². The van der Waals surface area contributed by atoms with Crippen LogP contribution in [0.4, 0.5) is 13.2 Å². The first-order chi connectivity index (χ1) is 9.58. The van der Waals surface area contributed by atoms with Gasteiger partial charge in [-0.05, 0) is 48.1 Å². The van der Waals surface area contributed by atoms with Gasteiger partial charge in [0.05, 0.1) is 0 Å². The van der Waals surface area contributed by atoms with Gasteiger partial charge in [0.2, 0.25) is 0 Å². The third-order valence-electron chi connectivity index (χ3n) is 3.18. The highest BCUT2D eigenvalue weighted by molar-refractivity contribution is 9.09. The zero-order chi connectivity index (χ0) is 14.5. The van der Waals surface area contributed by atoms with Crippen LogP contribution in [0.1, 0.15) is 11.1 Å². The van der Waals surface area contributed by atoms with E-state index in [1.54, 1.807) is 12.1 Å². The molecule has 2 rings (SSSR count). The Labute approximate surface area is 124 Å². The monoisotopic (exact) mass is 342 g/mol. The van der Waals surface area contributed by atoms with Crippen molar-refractivity contribution < 1.29 is 13.2 Å². The van der Waals surface area contributed by atoms with E-state index >= 15 is 0 Å². The molecule has 0 heterocycles. The van der Waals surface area contributed by atoms with Crippen molar-refractivity contribution in [2.75, 3.05) is 5.33 Å². The quantitative estimate of drug-likeness (QED) is 0.678. The molecule has 0 aliphatic rings. The Morgan fingerprint density at radius 2 is 1.50 bits per heavy atom. The van der Waals surface area contributed by atoms with Gasteiger partial charge in [0.25, 0.3) is 0 Å². The van der Waals surface area contributed by atoms with E-state index in [9.17, 15) is 13.2 Å². The van der Waals surface area contributed by atoms with Gasteiger partial charge in [0.15, 0.2) is 0 Å². The second-order valence-corrected chi connectivity index (χ2v) is 5.44. The number of benzene rings is 2. The van der Waals surface area contributed by atoms with Gasteiger partial charge in [-0.3, -0.25) is 0 Å². The van der Waals surface area contributed by atoms with Crippen molar-refractivity contribution >= 4 is 15.9 Å². The molecule has 0 N–H and O–H groups in total. The lowest BCUT2D eigenvalue weighted by molar-refractivity contribution is 0.536. The minimum atomic E-state index is -0.569. The van der Waals surface area contributed by atoms with Crippen molar-refractivity contribution in [3.05, 3.63) is 71.0 Å². The van der Waals surface area contributed by atoms with Gasteiger partial charge >= 0.3 is 0 Å². The van der Waals surface area contributed by atoms with Crippen LogP contribution in [0, 0.1) is 23.4 Å². The summed E-state index contributed by atoms with van der Waals surface area (Å²) in [6, 6.07) is 9.93. The second kappa shape index (κ2) is 6.93. The molecule has 0 radical (unpaired) electrons. The standard InChI is InChI=1S/C16H14BrF3/c17-10-12(7-11-1-4-14(18)5-2-11)8-13-3-6-15(19)9-16(13)20/h1-6,9,12H,7-8,10H2. The van der Waals surface area contributed by atoms with Crippen molar-refractivity contribution in [3.8, 4) is 0 Å². The van der Waals surface area contributed by atoms with E-state index in [1.807, 2.05) is 0 Å². The molecule has 4 heteroatoms. The summed E-state index contributed by atoms with van der Waals surface area (Å²) in [6.45, 7) is 0. The average Bonchev–Trinajstić information content (AvgIpc) is 2.43. The first-order valence-electron chi connectivity index (χ1n) is 6.33. The van der Waals surface area contributed by atoms with Crippen molar-refractivity contribution in [2.24, 2.45) is 5.92 Å². The largest absolute Gasteiger partial charge is 0.207 e.